The highest BCUT2D eigenvalue weighted by molar-refractivity contribution is 6.42. The summed E-state index contributed by atoms with van der Waals surface area (Å²) < 4.78 is 1.61. The van der Waals surface area contributed by atoms with E-state index >= 15 is 0 Å². The zero-order chi connectivity index (χ0) is 20.9. The van der Waals surface area contributed by atoms with Crippen LogP contribution in [0.1, 0.15) is 21.5 Å². The highest BCUT2D eigenvalue weighted by Gasteiger charge is 2.14. The van der Waals surface area contributed by atoms with Crippen LogP contribution in [0.4, 0.5) is 5.82 Å². The summed E-state index contributed by atoms with van der Waals surface area (Å²) in [4.78, 5) is 21.1. The number of nitrogens with zero attached hydrogens (tertiary/aromatic N) is 4. The van der Waals surface area contributed by atoms with E-state index in [0.29, 0.717) is 40.8 Å². The van der Waals surface area contributed by atoms with Crippen LogP contribution in [0.25, 0.3) is 5.65 Å². The van der Waals surface area contributed by atoms with Crippen molar-refractivity contribution in [2.24, 2.45) is 0 Å². The molecule has 0 aliphatic carbocycles. The minimum Gasteiger partial charge on any atom is -0.368 e. The first-order chi connectivity index (χ1) is 14.6. The molecule has 3 aromatic heterocycles. The van der Waals surface area contributed by atoms with Crippen molar-refractivity contribution in [1.29, 1.82) is 0 Å². The molecule has 4 rings (SSSR count). The van der Waals surface area contributed by atoms with Gasteiger partial charge < -0.3 is 10.6 Å². The fourth-order valence-corrected chi connectivity index (χ4v) is 3.30. The van der Waals surface area contributed by atoms with Crippen molar-refractivity contribution in [3.63, 3.8) is 0 Å². The molecular formula is C21H18Cl2N6O. The summed E-state index contributed by atoms with van der Waals surface area (Å²) in [5, 5.41) is 11.3. The third kappa shape index (κ3) is 4.69. The van der Waals surface area contributed by atoms with Gasteiger partial charge in [-0.1, -0.05) is 35.3 Å². The molecule has 4 aromatic rings. The number of carbonyl (C=O) groups is 1. The largest absolute Gasteiger partial charge is 0.368 e. The van der Waals surface area contributed by atoms with Crippen molar-refractivity contribution < 1.29 is 4.79 Å². The van der Waals surface area contributed by atoms with E-state index in [1.54, 1.807) is 23.0 Å². The fourth-order valence-electron chi connectivity index (χ4n) is 2.98. The van der Waals surface area contributed by atoms with Crippen LogP contribution in [-0.4, -0.2) is 38.6 Å². The molecule has 152 valence electrons. The number of pyridine rings is 1. The Bertz CT molecular complexity index is 1180. The molecule has 0 bridgehead atoms. The molecule has 0 atom stereocenters. The third-order valence-electron chi connectivity index (χ3n) is 4.43. The highest BCUT2D eigenvalue weighted by atomic mass is 35.5. The Morgan fingerprint density at radius 3 is 2.70 bits per heavy atom. The van der Waals surface area contributed by atoms with Gasteiger partial charge in [0, 0.05) is 38.1 Å². The van der Waals surface area contributed by atoms with E-state index in [4.69, 9.17) is 23.2 Å². The van der Waals surface area contributed by atoms with E-state index in [-0.39, 0.29) is 5.91 Å². The Morgan fingerprint density at radius 2 is 1.90 bits per heavy atom. The van der Waals surface area contributed by atoms with Gasteiger partial charge in [0.05, 0.1) is 16.2 Å². The quantitative estimate of drug-likeness (QED) is 0.426. The molecule has 0 unspecified atom stereocenters. The lowest BCUT2D eigenvalue weighted by Crippen LogP contribution is -2.28. The number of hydrogen-bond donors (Lipinski definition) is 2. The lowest BCUT2D eigenvalue weighted by atomic mass is 10.1. The van der Waals surface area contributed by atoms with E-state index in [2.05, 4.69) is 25.7 Å². The standard InChI is InChI=1S/C21H18Cl2N6O/c22-17-5-4-14(10-18(17)23)9-15-11-27-20-16(12-28-29(20)13-15)21(30)26-8-7-25-19-3-1-2-6-24-19/h1-6,10-13H,7-9H2,(H,24,25)(H,26,30). The highest BCUT2D eigenvalue weighted by Crippen LogP contribution is 2.24. The van der Waals surface area contributed by atoms with Crippen LogP contribution in [0.2, 0.25) is 10.0 Å². The van der Waals surface area contributed by atoms with Gasteiger partial charge in [-0.05, 0) is 35.4 Å². The summed E-state index contributed by atoms with van der Waals surface area (Å²) in [7, 11) is 0. The number of halogens is 2. The molecule has 30 heavy (non-hydrogen) atoms. The number of aromatic nitrogens is 4. The smallest absolute Gasteiger partial charge is 0.256 e. The minimum absolute atomic E-state index is 0.224. The number of anilines is 1. The van der Waals surface area contributed by atoms with Crippen molar-refractivity contribution in [3.8, 4) is 0 Å². The molecule has 0 fully saturated rings. The zero-order valence-electron chi connectivity index (χ0n) is 15.8. The first kappa shape index (κ1) is 20.1. The molecule has 1 amide bonds. The van der Waals surface area contributed by atoms with Crippen molar-refractivity contribution >= 4 is 40.6 Å². The van der Waals surface area contributed by atoms with E-state index in [1.807, 2.05) is 36.5 Å². The van der Waals surface area contributed by atoms with E-state index in [1.165, 1.54) is 6.20 Å². The van der Waals surface area contributed by atoms with Gasteiger partial charge in [-0.3, -0.25) is 4.79 Å². The lowest BCUT2D eigenvalue weighted by Gasteiger charge is -2.07. The molecule has 1 aromatic carbocycles. The molecule has 0 radical (unpaired) electrons. The van der Waals surface area contributed by atoms with Crippen LogP contribution >= 0.6 is 23.2 Å². The van der Waals surface area contributed by atoms with Crippen molar-refractivity contribution in [3.05, 3.63) is 87.9 Å². The Hall–Kier alpha value is -3.16. The van der Waals surface area contributed by atoms with Crippen LogP contribution in [0.3, 0.4) is 0 Å². The average Bonchev–Trinajstić information content (AvgIpc) is 3.18. The molecule has 9 heteroatoms. The zero-order valence-corrected chi connectivity index (χ0v) is 17.4. The van der Waals surface area contributed by atoms with Gasteiger partial charge in [-0.15, -0.1) is 0 Å². The topological polar surface area (TPSA) is 84.2 Å². The number of benzene rings is 1. The maximum absolute atomic E-state index is 12.5. The summed E-state index contributed by atoms with van der Waals surface area (Å²) in [6.07, 6.45) is 7.44. The van der Waals surface area contributed by atoms with Gasteiger partial charge in [-0.25, -0.2) is 14.5 Å². The minimum atomic E-state index is -0.224. The average molecular weight is 441 g/mol. The summed E-state index contributed by atoms with van der Waals surface area (Å²) in [5.41, 5.74) is 2.88. The van der Waals surface area contributed by atoms with Crippen LogP contribution in [0.15, 0.2) is 61.2 Å². The van der Waals surface area contributed by atoms with E-state index in [0.717, 1.165) is 16.9 Å². The second-order valence-electron chi connectivity index (χ2n) is 6.61. The molecule has 0 saturated heterocycles. The summed E-state index contributed by atoms with van der Waals surface area (Å²) in [5.74, 6) is 0.538. The van der Waals surface area contributed by atoms with Crippen LogP contribution in [0, 0.1) is 0 Å². The predicted molar refractivity (Wildman–Crippen MR) is 117 cm³/mol. The molecule has 0 saturated carbocycles. The van der Waals surface area contributed by atoms with Crippen molar-refractivity contribution in [1.82, 2.24) is 24.9 Å². The number of hydrogen-bond acceptors (Lipinski definition) is 5. The summed E-state index contributed by atoms with van der Waals surface area (Å²) in [6, 6.07) is 11.1. The molecule has 7 nitrogen and oxygen atoms in total. The van der Waals surface area contributed by atoms with Gasteiger partial charge in [0.1, 0.15) is 11.4 Å². The molecule has 0 spiro atoms. The molecule has 0 aliphatic heterocycles. The number of carbonyl (C=O) groups excluding carboxylic acids is 1. The third-order valence-corrected chi connectivity index (χ3v) is 5.17. The number of rotatable bonds is 7. The fraction of sp³-hybridized carbons (Fsp3) is 0.143. The second kappa shape index (κ2) is 9.11. The van der Waals surface area contributed by atoms with E-state index in [9.17, 15) is 4.79 Å². The van der Waals surface area contributed by atoms with Crippen LogP contribution in [-0.2, 0) is 6.42 Å². The normalized spacial score (nSPS) is 10.9. The Morgan fingerprint density at radius 1 is 1.00 bits per heavy atom. The Balaban J connectivity index is 1.39. The van der Waals surface area contributed by atoms with Crippen LogP contribution in [0.5, 0.6) is 0 Å². The van der Waals surface area contributed by atoms with Gasteiger partial charge in [0.2, 0.25) is 0 Å². The molecule has 3 heterocycles. The number of nitrogens with one attached hydrogen (secondary N) is 2. The Kier molecular flexibility index (Phi) is 6.11. The lowest BCUT2D eigenvalue weighted by molar-refractivity contribution is 0.0956. The predicted octanol–water partition coefficient (Wildman–Crippen LogP) is 3.86. The second-order valence-corrected chi connectivity index (χ2v) is 7.43. The molecular weight excluding hydrogens is 423 g/mol. The molecule has 0 aliphatic rings. The van der Waals surface area contributed by atoms with Crippen molar-refractivity contribution in [2.75, 3.05) is 18.4 Å². The number of fused-ring (bicyclic) bond motifs is 1. The van der Waals surface area contributed by atoms with Gasteiger partial charge in [0.25, 0.3) is 5.91 Å². The van der Waals surface area contributed by atoms with Crippen molar-refractivity contribution in [2.45, 2.75) is 6.42 Å². The number of amides is 1. The summed E-state index contributed by atoms with van der Waals surface area (Å²) >= 11 is 12.1. The maximum atomic E-state index is 12.5. The SMILES string of the molecule is O=C(NCCNc1ccccn1)c1cnn2cc(Cc3ccc(Cl)c(Cl)c3)cnc12. The maximum Gasteiger partial charge on any atom is 0.256 e. The van der Waals surface area contributed by atoms with Gasteiger partial charge in [-0.2, -0.15) is 5.10 Å². The van der Waals surface area contributed by atoms with Crippen LogP contribution < -0.4 is 10.6 Å². The van der Waals surface area contributed by atoms with E-state index < -0.39 is 0 Å². The summed E-state index contributed by atoms with van der Waals surface area (Å²) in [6.45, 7) is 1.01. The monoisotopic (exact) mass is 440 g/mol. The Labute approximate surface area is 183 Å². The first-order valence-corrected chi connectivity index (χ1v) is 10.0. The molecule has 2 N–H and O–H groups in total. The van der Waals surface area contributed by atoms with Gasteiger partial charge >= 0.3 is 0 Å². The van der Waals surface area contributed by atoms with Gasteiger partial charge in [0.15, 0.2) is 5.65 Å². The first-order valence-electron chi connectivity index (χ1n) is 9.29.